The lowest BCUT2D eigenvalue weighted by Crippen LogP contribution is -2.41. The molecule has 0 radical (unpaired) electrons. The maximum atomic E-state index is 13.9. The number of nitrogens with zero attached hydrogens (tertiary/aromatic N) is 4. The zero-order valence-electron chi connectivity index (χ0n) is 24.4. The van der Waals surface area contributed by atoms with Crippen molar-refractivity contribution in [2.45, 2.75) is 63.6 Å². The van der Waals surface area contributed by atoms with Gasteiger partial charge in [-0.1, -0.05) is 44.9 Å². The Balaban J connectivity index is 1.55. The van der Waals surface area contributed by atoms with Crippen molar-refractivity contribution < 1.29 is 39.5 Å². The largest absolute Gasteiger partial charge is 0.464 e. The van der Waals surface area contributed by atoms with Crippen LogP contribution in [0.15, 0.2) is 48.8 Å². The summed E-state index contributed by atoms with van der Waals surface area (Å²) < 4.78 is 45.8. The van der Waals surface area contributed by atoms with Gasteiger partial charge in [-0.3, -0.25) is 9.32 Å². The molecule has 2 aromatic heterocycles. The number of aliphatic hydroxyl groups excluding tert-OH is 2. The predicted molar refractivity (Wildman–Crippen MR) is 150 cm³/mol. The summed E-state index contributed by atoms with van der Waals surface area (Å²) in [6.07, 6.45) is -2.18. The number of carbonyl (C=O) groups is 1. The molecule has 3 heterocycles. The van der Waals surface area contributed by atoms with E-state index >= 15 is 0 Å². The molecule has 1 saturated heterocycles. The fourth-order valence-electron chi connectivity index (χ4n) is 4.48. The van der Waals surface area contributed by atoms with Crippen molar-refractivity contribution in [1.82, 2.24) is 19.7 Å². The summed E-state index contributed by atoms with van der Waals surface area (Å²) in [6.45, 7) is 4.98. The normalized spacial score (nSPS) is 24.6. The lowest BCUT2D eigenvalue weighted by atomic mass is 9.92. The summed E-state index contributed by atoms with van der Waals surface area (Å²) >= 11 is 0. The van der Waals surface area contributed by atoms with E-state index in [9.17, 15) is 24.8 Å². The van der Waals surface area contributed by atoms with E-state index in [0.29, 0.717) is 0 Å². The van der Waals surface area contributed by atoms with Crippen molar-refractivity contribution in [2.75, 3.05) is 18.9 Å². The van der Waals surface area contributed by atoms with E-state index in [4.69, 9.17) is 25.6 Å². The van der Waals surface area contributed by atoms with Crippen molar-refractivity contribution in [1.29, 1.82) is 5.26 Å². The van der Waals surface area contributed by atoms with Gasteiger partial charge in [-0.15, -0.1) is 0 Å². The molecule has 42 heavy (non-hydrogen) atoms. The average molecular weight is 604 g/mol. The summed E-state index contributed by atoms with van der Waals surface area (Å²) in [4.78, 5) is 16.5. The number of aliphatic hydroxyl groups is 2. The predicted octanol–water partition coefficient (Wildman–Crippen LogP) is 2.31. The van der Waals surface area contributed by atoms with Crippen LogP contribution in [0.3, 0.4) is 0 Å². The minimum absolute atomic E-state index is 0.0371. The van der Waals surface area contributed by atoms with E-state index in [0.717, 1.165) is 23.7 Å². The first-order chi connectivity index (χ1) is 20.5. The Hall–Kier alpha value is -3.57. The second kappa shape index (κ2) is 13.2. The van der Waals surface area contributed by atoms with Gasteiger partial charge in [0.2, 0.25) is 5.60 Å². The molecule has 3 aromatic rings. The number of hydrogen-bond donors (Lipinski definition) is 4. The standard InChI is InChI=1S/C27H35N6O8P/c1-4-18(5-2)13-38-26(36)17(3)32-42(37,41-19-9-7-6-8-10-19)39-14-21-23(34)24(35)27(15-28,40-21)22-12-11-20-25(29)30-16-31-33(20)22/h6-12,16-18,21,23-24,34-35H,4-5,13-14H2,1-3H3,(H,32,37)(H2,29,30,31)/t17-,21+,23+,24+,27-,42-/m0/s1/i11D. The Morgan fingerprint density at radius 2 is 2.05 bits per heavy atom. The highest BCUT2D eigenvalue weighted by molar-refractivity contribution is 7.52. The van der Waals surface area contributed by atoms with Crippen molar-refractivity contribution >= 4 is 25.1 Å². The summed E-state index contributed by atoms with van der Waals surface area (Å²) in [5.41, 5.74) is 3.67. The zero-order chi connectivity index (χ0) is 31.4. The zero-order valence-corrected chi connectivity index (χ0v) is 24.3. The molecule has 226 valence electrons. The van der Waals surface area contributed by atoms with Crippen LogP contribution < -0.4 is 15.3 Å². The molecule has 0 amide bonds. The first-order valence-corrected chi connectivity index (χ1v) is 15.0. The fraction of sp³-hybridized carbons (Fsp3) is 0.481. The number of ether oxygens (including phenoxy) is 2. The third-order valence-electron chi connectivity index (χ3n) is 7.10. The molecule has 1 aliphatic heterocycles. The summed E-state index contributed by atoms with van der Waals surface area (Å²) in [7, 11) is -4.35. The molecule has 0 unspecified atom stereocenters. The van der Waals surface area contributed by atoms with E-state index in [2.05, 4.69) is 15.2 Å². The number of fused-ring (bicyclic) bond motifs is 1. The lowest BCUT2D eigenvalue weighted by Gasteiger charge is -2.25. The average Bonchev–Trinajstić information content (AvgIpc) is 3.47. The number of anilines is 1. The highest BCUT2D eigenvalue weighted by Crippen LogP contribution is 2.47. The monoisotopic (exact) mass is 603 g/mol. The van der Waals surface area contributed by atoms with Crippen LogP contribution in [0.5, 0.6) is 5.75 Å². The van der Waals surface area contributed by atoms with Gasteiger partial charge < -0.3 is 29.9 Å². The van der Waals surface area contributed by atoms with E-state index in [-0.39, 0.29) is 41.3 Å². The van der Waals surface area contributed by atoms with Crippen LogP contribution in [0.4, 0.5) is 5.82 Å². The summed E-state index contributed by atoms with van der Waals surface area (Å²) in [5, 5.41) is 38.7. The Kier molecular flexibility index (Phi) is 9.37. The number of hydrogen-bond acceptors (Lipinski definition) is 12. The SMILES string of the molecule is [2H]c1cc([C@]2(C#N)O[C@H](CO[P@@](=O)(N[C@@H](C)C(=O)OCC(CC)CC)Oc3ccccc3)[C@@H](O)[C@H]2O)n2ncnc(N)c12. The van der Waals surface area contributed by atoms with E-state index in [1.807, 2.05) is 19.9 Å². The molecule has 14 nitrogen and oxygen atoms in total. The van der Waals surface area contributed by atoms with Crippen LogP contribution in [0.25, 0.3) is 5.52 Å². The quantitative estimate of drug-likeness (QED) is 0.164. The Morgan fingerprint density at radius 3 is 2.71 bits per heavy atom. The summed E-state index contributed by atoms with van der Waals surface area (Å²) in [6, 6.07) is 9.93. The van der Waals surface area contributed by atoms with Gasteiger partial charge >= 0.3 is 13.7 Å². The van der Waals surface area contributed by atoms with Gasteiger partial charge in [0.05, 0.1) is 20.3 Å². The molecular weight excluding hydrogens is 567 g/mol. The second-order valence-electron chi connectivity index (χ2n) is 9.88. The van der Waals surface area contributed by atoms with Gasteiger partial charge in [0.1, 0.15) is 48.0 Å². The highest BCUT2D eigenvalue weighted by atomic mass is 31.2. The number of para-hydroxylation sites is 1. The smallest absolute Gasteiger partial charge is 0.459 e. The molecular formula is C27H35N6O8P. The molecule has 0 saturated carbocycles. The fourth-order valence-corrected chi connectivity index (χ4v) is 5.99. The topological polar surface area (TPSA) is 204 Å². The van der Waals surface area contributed by atoms with Crippen molar-refractivity contribution in [3.05, 3.63) is 54.5 Å². The van der Waals surface area contributed by atoms with Gasteiger partial charge in [-0.25, -0.2) is 14.1 Å². The van der Waals surface area contributed by atoms with Crippen molar-refractivity contribution in [3.8, 4) is 11.8 Å². The lowest BCUT2D eigenvalue weighted by molar-refractivity contribution is -0.146. The minimum atomic E-state index is -4.35. The first-order valence-electron chi connectivity index (χ1n) is 14.0. The maximum absolute atomic E-state index is 13.9. The van der Waals surface area contributed by atoms with Crippen molar-refractivity contribution in [3.63, 3.8) is 0 Å². The number of nitriles is 1. The number of nitrogens with one attached hydrogen (secondary N) is 1. The molecule has 6 atom stereocenters. The number of carbonyl (C=O) groups excluding carboxylic acids is 1. The number of nitrogens with two attached hydrogens (primary N) is 1. The third kappa shape index (κ3) is 6.42. The number of rotatable bonds is 13. The van der Waals surface area contributed by atoms with Gasteiger partial charge in [0.25, 0.3) is 0 Å². The van der Waals surface area contributed by atoms with E-state index in [1.165, 1.54) is 25.1 Å². The molecule has 0 spiro atoms. The highest BCUT2D eigenvalue weighted by Gasteiger charge is 2.58. The molecule has 0 bridgehead atoms. The van der Waals surface area contributed by atoms with Crippen molar-refractivity contribution in [2.24, 2.45) is 5.92 Å². The number of benzene rings is 1. The van der Waals surface area contributed by atoms with Crippen LogP contribution in [-0.2, 0) is 29.0 Å². The molecule has 5 N–H and O–H groups in total. The Bertz CT molecular complexity index is 1520. The minimum Gasteiger partial charge on any atom is -0.464 e. The molecule has 15 heteroatoms. The van der Waals surface area contributed by atoms with Crippen LogP contribution in [0, 0.1) is 17.2 Å². The maximum Gasteiger partial charge on any atom is 0.459 e. The van der Waals surface area contributed by atoms with Crippen LogP contribution >= 0.6 is 7.75 Å². The number of nitrogen functional groups attached to an aromatic ring is 1. The Morgan fingerprint density at radius 1 is 1.33 bits per heavy atom. The van der Waals surface area contributed by atoms with Gasteiger partial charge in [-0.05, 0) is 37.1 Å². The van der Waals surface area contributed by atoms with Crippen LogP contribution in [0.1, 0.15) is 40.7 Å². The molecule has 1 aromatic carbocycles. The number of esters is 1. The first kappa shape index (κ1) is 29.9. The molecule has 1 aliphatic rings. The van der Waals surface area contributed by atoms with E-state index < -0.39 is 50.3 Å². The van der Waals surface area contributed by atoms with Crippen LogP contribution in [0.2, 0.25) is 0 Å². The summed E-state index contributed by atoms with van der Waals surface area (Å²) in [5.74, 6) is -0.365. The molecule has 1 fully saturated rings. The third-order valence-corrected chi connectivity index (χ3v) is 8.74. The molecule has 0 aliphatic carbocycles. The second-order valence-corrected chi connectivity index (χ2v) is 11.6. The van der Waals surface area contributed by atoms with Gasteiger partial charge in [-0.2, -0.15) is 15.4 Å². The van der Waals surface area contributed by atoms with Gasteiger partial charge in [0.15, 0.2) is 5.82 Å². The van der Waals surface area contributed by atoms with Gasteiger partial charge in [0, 0.05) is 0 Å². The molecule has 4 rings (SSSR count). The number of aromatic nitrogens is 3. The van der Waals surface area contributed by atoms with Crippen LogP contribution in [-0.4, -0.2) is 68.3 Å². The Labute approximate surface area is 244 Å². The van der Waals surface area contributed by atoms with E-state index in [1.54, 1.807) is 18.2 Å².